The van der Waals surface area contributed by atoms with E-state index in [4.69, 9.17) is 0 Å². The van der Waals surface area contributed by atoms with Gasteiger partial charge in [0.1, 0.15) is 6.04 Å². The quantitative estimate of drug-likeness (QED) is 0.879. The van der Waals surface area contributed by atoms with Gasteiger partial charge in [-0.05, 0) is 24.3 Å². The lowest BCUT2D eigenvalue weighted by atomic mass is 10.1. The van der Waals surface area contributed by atoms with E-state index in [0.29, 0.717) is 18.5 Å². The van der Waals surface area contributed by atoms with Crippen LogP contribution in [0.25, 0.3) is 0 Å². The molecular formula is C12H15NO3S. The standard InChI is InChI=1S/C12H15NO3S/c14-11(9-5-7-17-8-9)13-6-3-1-2-4-10(13)12(15)16/h5,7-8,10H,1-4,6H2,(H,15,16). The van der Waals surface area contributed by atoms with E-state index in [-0.39, 0.29) is 5.91 Å². The Morgan fingerprint density at radius 1 is 1.35 bits per heavy atom. The highest BCUT2D eigenvalue weighted by Crippen LogP contribution is 2.20. The number of rotatable bonds is 2. The highest BCUT2D eigenvalue weighted by molar-refractivity contribution is 7.08. The molecule has 1 aliphatic rings. The van der Waals surface area contributed by atoms with Gasteiger partial charge in [0.2, 0.25) is 0 Å². The second-order valence-electron chi connectivity index (χ2n) is 4.21. The molecule has 0 aromatic carbocycles. The summed E-state index contributed by atoms with van der Waals surface area (Å²) in [6.07, 6.45) is 3.33. The van der Waals surface area contributed by atoms with Crippen molar-refractivity contribution in [3.05, 3.63) is 22.4 Å². The lowest BCUT2D eigenvalue weighted by Gasteiger charge is -2.26. The Balaban J connectivity index is 2.20. The third-order valence-corrected chi connectivity index (χ3v) is 3.75. The third kappa shape index (κ3) is 2.66. The molecule has 2 rings (SSSR count). The van der Waals surface area contributed by atoms with Gasteiger partial charge in [0, 0.05) is 11.9 Å². The summed E-state index contributed by atoms with van der Waals surface area (Å²) in [7, 11) is 0. The van der Waals surface area contributed by atoms with Crippen molar-refractivity contribution in [1.82, 2.24) is 4.90 Å². The highest BCUT2D eigenvalue weighted by atomic mass is 32.1. The number of likely N-dealkylation sites (tertiary alicyclic amines) is 1. The first-order valence-corrected chi connectivity index (χ1v) is 6.70. The summed E-state index contributed by atoms with van der Waals surface area (Å²) in [4.78, 5) is 24.9. The van der Waals surface area contributed by atoms with Crippen LogP contribution in [0.15, 0.2) is 16.8 Å². The molecule has 1 saturated heterocycles. The summed E-state index contributed by atoms with van der Waals surface area (Å²) in [6.45, 7) is 0.547. The van der Waals surface area contributed by atoms with Crippen LogP contribution < -0.4 is 0 Å². The fourth-order valence-electron chi connectivity index (χ4n) is 2.16. The molecule has 0 saturated carbocycles. The largest absolute Gasteiger partial charge is 0.480 e. The molecule has 1 aliphatic heterocycles. The number of hydrogen-bond donors (Lipinski definition) is 1. The molecule has 0 bridgehead atoms. The number of hydrogen-bond acceptors (Lipinski definition) is 3. The fraction of sp³-hybridized carbons (Fsp3) is 0.500. The number of nitrogens with zero attached hydrogens (tertiary/aromatic N) is 1. The van der Waals surface area contributed by atoms with Gasteiger partial charge >= 0.3 is 5.97 Å². The Hall–Kier alpha value is -1.36. The van der Waals surface area contributed by atoms with Gasteiger partial charge in [0.05, 0.1) is 5.56 Å². The van der Waals surface area contributed by atoms with Gasteiger partial charge in [-0.3, -0.25) is 4.79 Å². The van der Waals surface area contributed by atoms with E-state index in [1.807, 2.05) is 5.38 Å². The van der Waals surface area contributed by atoms with E-state index in [1.165, 1.54) is 16.2 Å². The maximum Gasteiger partial charge on any atom is 0.326 e. The molecule has 4 nitrogen and oxygen atoms in total. The summed E-state index contributed by atoms with van der Waals surface area (Å²) in [5.74, 6) is -1.05. The number of carboxylic acids is 1. The number of carboxylic acid groups (broad SMARTS) is 1. The predicted octanol–water partition coefficient (Wildman–Crippen LogP) is 2.22. The average molecular weight is 253 g/mol. The van der Waals surface area contributed by atoms with Crippen molar-refractivity contribution in [2.45, 2.75) is 31.7 Å². The molecule has 2 heterocycles. The normalized spacial score (nSPS) is 20.9. The summed E-state index contributed by atoms with van der Waals surface area (Å²) in [5.41, 5.74) is 0.600. The van der Waals surface area contributed by atoms with Gasteiger partial charge in [-0.25, -0.2) is 4.79 Å². The molecule has 5 heteroatoms. The lowest BCUT2D eigenvalue weighted by molar-refractivity contribution is -0.142. The molecular weight excluding hydrogens is 238 g/mol. The van der Waals surface area contributed by atoms with Crippen molar-refractivity contribution in [3.8, 4) is 0 Å². The van der Waals surface area contributed by atoms with Crippen molar-refractivity contribution in [2.75, 3.05) is 6.54 Å². The third-order valence-electron chi connectivity index (χ3n) is 3.07. The van der Waals surface area contributed by atoms with Crippen LogP contribution in [0.5, 0.6) is 0 Å². The Kier molecular flexibility index (Phi) is 3.78. The molecule has 1 atom stereocenters. The SMILES string of the molecule is O=C(O)C1CCCCCN1C(=O)c1ccsc1. The average Bonchev–Trinajstić information content (AvgIpc) is 2.71. The molecule has 1 aromatic rings. The Morgan fingerprint density at radius 2 is 2.18 bits per heavy atom. The number of amides is 1. The minimum absolute atomic E-state index is 0.152. The van der Waals surface area contributed by atoms with Crippen LogP contribution in [0.1, 0.15) is 36.0 Å². The maximum atomic E-state index is 12.2. The van der Waals surface area contributed by atoms with E-state index in [0.717, 1.165) is 19.3 Å². The summed E-state index contributed by atoms with van der Waals surface area (Å²) in [5, 5.41) is 12.8. The van der Waals surface area contributed by atoms with Gasteiger partial charge in [-0.15, -0.1) is 0 Å². The first-order valence-electron chi connectivity index (χ1n) is 5.76. The Labute approximate surface area is 104 Å². The van der Waals surface area contributed by atoms with Crippen LogP contribution in [-0.2, 0) is 4.79 Å². The van der Waals surface area contributed by atoms with Crippen molar-refractivity contribution in [2.24, 2.45) is 0 Å². The molecule has 1 fully saturated rings. The molecule has 0 aliphatic carbocycles. The van der Waals surface area contributed by atoms with Gasteiger partial charge in [0.25, 0.3) is 5.91 Å². The predicted molar refractivity (Wildman–Crippen MR) is 65.2 cm³/mol. The van der Waals surface area contributed by atoms with Gasteiger partial charge < -0.3 is 10.0 Å². The Bertz CT molecular complexity index is 402. The van der Waals surface area contributed by atoms with Gasteiger partial charge in [-0.2, -0.15) is 11.3 Å². The second kappa shape index (κ2) is 5.31. The molecule has 0 radical (unpaired) electrons. The van der Waals surface area contributed by atoms with E-state index in [9.17, 15) is 14.7 Å². The topological polar surface area (TPSA) is 57.6 Å². The minimum atomic E-state index is -0.893. The highest BCUT2D eigenvalue weighted by Gasteiger charge is 2.31. The molecule has 1 amide bonds. The van der Waals surface area contributed by atoms with E-state index in [2.05, 4.69) is 0 Å². The van der Waals surface area contributed by atoms with Gasteiger partial charge in [0.15, 0.2) is 0 Å². The van der Waals surface area contributed by atoms with Crippen LogP contribution in [0.4, 0.5) is 0 Å². The molecule has 92 valence electrons. The number of aliphatic carboxylic acids is 1. The maximum absolute atomic E-state index is 12.2. The van der Waals surface area contributed by atoms with Crippen LogP contribution in [0.3, 0.4) is 0 Å². The zero-order chi connectivity index (χ0) is 12.3. The van der Waals surface area contributed by atoms with E-state index < -0.39 is 12.0 Å². The number of carbonyl (C=O) groups excluding carboxylic acids is 1. The lowest BCUT2D eigenvalue weighted by Crippen LogP contribution is -2.44. The first kappa shape index (κ1) is 12.1. The van der Waals surface area contributed by atoms with Crippen LogP contribution in [-0.4, -0.2) is 34.5 Å². The Morgan fingerprint density at radius 3 is 2.82 bits per heavy atom. The van der Waals surface area contributed by atoms with Crippen molar-refractivity contribution >= 4 is 23.2 Å². The zero-order valence-electron chi connectivity index (χ0n) is 9.46. The van der Waals surface area contributed by atoms with Crippen LogP contribution in [0.2, 0.25) is 0 Å². The summed E-state index contributed by atoms with van der Waals surface area (Å²) < 4.78 is 0. The van der Waals surface area contributed by atoms with Gasteiger partial charge in [-0.1, -0.05) is 12.8 Å². The smallest absolute Gasteiger partial charge is 0.326 e. The first-order chi connectivity index (χ1) is 8.20. The number of carbonyl (C=O) groups is 2. The van der Waals surface area contributed by atoms with E-state index in [1.54, 1.807) is 11.4 Å². The molecule has 0 spiro atoms. The molecule has 1 unspecified atom stereocenters. The fourth-order valence-corrected chi connectivity index (χ4v) is 2.79. The molecule has 1 aromatic heterocycles. The van der Waals surface area contributed by atoms with Crippen molar-refractivity contribution in [3.63, 3.8) is 0 Å². The van der Waals surface area contributed by atoms with Crippen LogP contribution >= 0.6 is 11.3 Å². The van der Waals surface area contributed by atoms with E-state index >= 15 is 0 Å². The van der Waals surface area contributed by atoms with Crippen LogP contribution in [0, 0.1) is 0 Å². The molecule has 1 N–H and O–H groups in total. The summed E-state index contributed by atoms with van der Waals surface area (Å²) >= 11 is 1.45. The minimum Gasteiger partial charge on any atom is -0.480 e. The molecule has 17 heavy (non-hydrogen) atoms. The van der Waals surface area contributed by atoms with Crippen molar-refractivity contribution in [1.29, 1.82) is 0 Å². The monoisotopic (exact) mass is 253 g/mol. The number of thiophene rings is 1. The summed E-state index contributed by atoms with van der Waals surface area (Å²) in [6, 6.07) is 1.08. The van der Waals surface area contributed by atoms with Crippen molar-refractivity contribution < 1.29 is 14.7 Å². The zero-order valence-corrected chi connectivity index (χ0v) is 10.3. The second-order valence-corrected chi connectivity index (χ2v) is 4.99.